The Labute approximate surface area is 422 Å². The normalized spacial score (nSPS) is 12.3. The standard InChI is InChI=1S/C71H49N/c1-4-21-50(22-5-1)55-25-18-26-56(49-55)63-33-14-17-40-69(63)72(68-39-16-13-32-62(68)53-43-41-52(42-44-53)61-35-19-24-51-23-10-11-31-60(51)61)59-47-45-54(46-48-59)64-36-20-38-67-70(64)65-34-12-15-37-66(65)71(67,57-27-6-2-7-28-57)58-29-8-3-9-30-58/h1-49H. The molecule has 1 aliphatic carbocycles. The van der Waals surface area contributed by atoms with Gasteiger partial charge >= 0.3 is 0 Å². The number of rotatable bonds is 10. The molecule has 0 bridgehead atoms. The van der Waals surface area contributed by atoms with Crippen LogP contribution >= 0.6 is 0 Å². The third kappa shape index (κ3) is 7.25. The highest BCUT2D eigenvalue weighted by molar-refractivity contribution is 5.99. The highest BCUT2D eigenvalue weighted by Crippen LogP contribution is 2.58. The molecule has 0 aliphatic heterocycles. The Balaban J connectivity index is 0.970. The van der Waals surface area contributed by atoms with Crippen LogP contribution in [-0.2, 0) is 5.41 Å². The smallest absolute Gasteiger partial charge is 0.0713 e. The van der Waals surface area contributed by atoms with Gasteiger partial charge in [0.15, 0.2) is 0 Å². The predicted octanol–water partition coefficient (Wildman–Crippen LogP) is 19.0. The summed E-state index contributed by atoms with van der Waals surface area (Å²) in [5, 5.41) is 2.50. The molecule has 1 nitrogen and oxygen atoms in total. The van der Waals surface area contributed by atoms with Gasteiger partial charge in [-0.3, -0.25) is 0 Å². The van der Waals surface area contributed by atoms with Gasteiger partial charge < -0.3 is 4.90 Å². The summed E-state index contributed by atoms with van der Waals surface area (Å²) in [5.74, 6) is 0. The van der Waals surface area contributed by atoms with Crippen LogP contribution in [0.4, 0.5) is 17.1 Å². The first-order valence-corrected chi connectivity index (χ1v) is 24.9. The first-order valence-electron chi connectivity index (χ1n) is 24.9. The van der Waals surface area contributed by atoms with E-state index in [1.165, 1.54) is 77.5 Å². The third-order valence-corrected chi connectivity index (χ3v) is 14.8. The average Bonchev–Trinajstić information content (AvgIpc) is 3.78. The van der Waals surface area contributed by atoms with E-state index in [-0.39, 0.29) is 0 Å². The van der Waals surface area contributed by atoms with Crippen LogP contribution in [0.25, 0.3) is 77.5 Å². The number of para-hydroxylation sites is 2. The fourth-order valence-electron chi connectivity index (χ4n) is 11.6. The molecule has 1 aliphatic rings. The molecule has 0 amide bonds. The topological polar surface area (TPSA) is 3.24 Å². The fraction of sp³-hybridized carbons (Fsp3) is 0.0141. The monoisotopic (exact) mass is 915 g/mol. The Kier molecular flexibility index (Phi) is 10.8. The van der Waals surface area contributed by atoms with Crippen LogP contribution < -0.4 is 4.90 Å². The van der Waals surface area contributed by atoms with Crippen molar-refractivity contribution in [3.05, 3.63) is 320 Å². The molecule has 12 aromatic rings. The second kappa shape index (κ2) is 18.2. The number of anilines is 3. The SMILES string of the molecule is c1ccc(-c2cccc(-c3ccccc3N(c3ccc(-c4cccc5c4-c4ccccc4C5(c4ccccc4)c4ccccc4)cc3)c3ccccc3-c3ccc(-c4cccc5ccccc45)cc3)c2)cc1. The maximum atomic E-state index is 2.46. The van der Waals surface area contributed by atoms with E-state index >= 15 is 0 Å². The predicted molar refractivity (Wildman–Crippen MR) is 303 cm³/mol. The van der Waals surface area contributed by atoms with Crippen molar-refractivity contribution in [2.45, 2.75) is 5.41 Å². The molecule has 0 spiro atoms. The highest BCUT2D eigenvalue weighted by Gasteiger charge is 2.46. The zero-order valence-corrected chi connectivity index (χ0v) is 39.7. The second-order valence-corrected chi connectivity index (χ2v) is 18.7. The van der Waals surface area contributed by atoms with Crippen LogP contribution in [-0.4, -0.2) is 0 Å². The van der Waals surface area contributed by atoms with E-state index in [9.17, 15) is 0 Å². The Morgan fingerprint density at radius 1 is 0.250 bits per heavy atom. The maximum Gasteiger partial charge on any atom is 0.0713 e. The first kappa shape index (κ1) is 42.8. The van der Waals surface area contributed by atoms with Crippen LogP contribution in [0.3, 0.4) is 0 Å². The number of benzene rings is 12. The Hall–Kier alpha value is -9.30. The molecule has 0 N–H and O–H groups in total. The quantitative estimate of drug-likeness (QED) is 0.132. The number of nitrogens with zero attached hydrogens (tertiary/aromatic N) is 1. The van der Waals surface area contributed by atoms with E-state index in [2.05, 4.69) is 302 Å². The largest absolute Gasteiger partial charge is 0.309 e. The lowest BCUT2D eigenvalue weighted by Crippen LogP contribution is -2.28. The van der Waals surface area contributed by atoms with Crippen molar-refractivity contribution >= 4 is 27.8 Å². The van der Waals surface area contributed by atoms with E-state index in [0.717, 1.165) is 39.3 Å². The van der Waals surface area contributed by atoms with Crippen molar-refractivity contribution in [3.63, 3.8) is 0 Å². The van der Waals surface area contributed by atoms with Gasteiger partial charge in [-0.2, -0.15) is 0 Å². The summed E-state index contributed by atoms with van der Waals surface area (Å²) in [7, 11) is 0. The first-order chi connectivity index (χ1) is 35.7. The van der Waals surface area contributed by atoms with Crippen LogP contribution in [0.1, 0.15) is 22.3 Å². The molecule has 1 heteroatoms. The van der Waals surface area contributed by atoms with E-state index in [4.69, 9.17) is 0 Å². The van der Waals surface area contributed by atoms with Crippen LogP contribution in [0.2, 0.25) is 0 Å². The molecule has 0 atom stereocenters. The lowest BCUT2D eigenvalue weighted by atomic mass is 9.67. The summed E-state index contributed by atoms with van der Waals surface area (Å²) < 4.78 is 0. The van der Waals surface area contributed by atoms with Crippen molar-refractivity contribution < 1.29 is 0 Å². The van der Waals surface area contributed by atoms with Gasteiger partial charge in [-0.1, -0.05) is 267 Å². The Morgan fingerprint density at radius 2 is 0.681 bits per heavy atom. The molecule has 72 heavy (non-hydrogen) atoms. The van der Waals surface area contributed by atoms with Crippen molar-refractivity contribution in [1.82, 2.24) is 0 Å². The van der Waals surface area contributed by atoms with Crippen molar-refractivity contribution in [1.29, 1.82) is 0 Å². The molecule has 0 fully saturated rings. The molecule has 0 heterocycles. The fourth-order valence-corrected chi connectivity index (χ4v) is 11.6. The summed E-state index contributed by atoms with van der Waals surface area (Å²) in [5.41, 5.74) is 22.3. The Bertz CT molecular complexity index is 3850. The Morgan fingerprint density at radius 3 is 1.38 bits per heavy atom. The molecule has 0 radical (unpaired) electrons. The molecule has 0 saturated heterocycles. The molecule has 338 valence electrons. The average molecular weight is 916 g/mol. The van der Waals surface area contributed by atoms with Gasteiger partial charge in [-0.25, -0.2) is 0 Å². The van der Waals surface area contributed by atoms with Gasteiger partial charge in [0.25, 0.3) is 0 Å². The van der Waals surface area contributed by atoms with Gasteiger partial charge in [-0.05, 0) is 119 Å². The van der Waals surface area contributed by atoms with Gasteiger partial charge in [-0.15, -0.1) is 0 Å². The number of fused-ring (bicyclic) bond motifs is 4. The van der Waals surface area contributed by atoms with Gasteiger partial charge in [0.05, 0.1) is 16.8 Å². The summed E-state index contributed by atoms with van der Waals surface area (Å²) >= 11 is 0. The summed E-state index contributed by atoms with van der Waals surface area (Å²) in [6.45, 7) is 0. The third-order valence-electron chi connectivity index (χ3n) is 14.8. The van der Waals surface area contributed by atoms with E-state index in [1.54, 1.807) is 0 Å². The molecule has 0 unspecified atom stereocenters. The van der Waals surface area contributed by atoms with Crippen molar-refractivity contribution in [2.75, 3.05) is 4.90 Å². The molecule has 12 aromatic carbocycles. The number of hydrogen-bond donors (Lipinski definition) is 0. The molecule has 0 saturated carbocycles. The van der Waals surface area contributed by atoms with Crippen molar-refractivity contribution in [2.24, 2.45) is 0 Å². The lowest BCUT2D eigenvalue weighted by Gasteiger charge is -2.34. The molecular weight excluding hydrogens is 867 g/mol. The van der Waals surface area contributed by atoms with Gasteiger partial charge in [0.1, 0.15) is 0 Å². The van der Waals surface area contributed by atoms with E-state index in [0.29, 0.717) is 0 Å². The zero-order chi connectivity index (χ0) is 47.8. The highest BCUT2D eigenvalue weighted by atomic mass is 15.1. The van der Waals surface area contributed by atoms with E-state index in [1.807, 2.05) is 0 Å². The van der Waals surface area contributed by atoms with Crippen LogP contribution in [0.15, 0.2) is 297 Å². The van der Waals surface area contributed by atoms with Crippen LogP contribution in [0, 0.1) is 0 Å². The second-order valence-electron chi connectivity index (χ2n) is 18.7. The minimum Gasteiger partial charge on any atom is -0.309 e. The van der Waals surface area contributed by atoms with Crippen molar-refractivity contribution in [3.8, 4) is 66.8 Å². The summed E-state index contributed by atoms with van der Waals surface area (Å²) in [6, 6.07) is 109. The number of hydrogen-bond acceptors (Lipinski definition) is 1. The summed E-state index contributed by atoms with van der Waals surface area (Å²) in [6.07, 6.45) is 0. The molecule has 0 aromatic heterocycles. The molecule has 13 rings (SSSR count). The van der Waals surface area contributed by atoms with Gasteiger partial charge in [0, 0.05) is 16.8 Å². The summed E-state index contributed by atoms with van der Waals surface area (Å²) in [4.78, 5) is 2.46. The minimum atomic E-state index is -0.473. The van der Waals surface area contributed by atoms with Crippen LogP contribution in [0.5, 0.6) is 0 Å². The van der Waals surface area contributed by atoms with Gasteiger partial charge in [0.2, 0.25) is 0 Å². The minimum absolute atomic E-state index is 0.473. The van der Waals surface area contributed by atoms with E-state index < -0.39 is 5.41 Å². The maximum absolute atomic E-state index is 2.46. The zero-order valence-electron chi connectivity index (χ0n) is 39.7. The lowest BCUT2D eigenvalue weighted by molar-refractivity contribution is 0.768. The molecular formula is C71H49N.